The van der Waals surface area contributed by atoms with E-state index >= 15 is 0 Å². The first-order valence-electron chi connectivity index (χ1n) is 5.82. The molecule has 0 spiro atoms. The van der Waals surface area contributed by atoms with Gasteiger partial charge in [0.05, 0.1) is 6.10 Å². The van der Waals surface area contributed by atoms with Crippen LogP contribution in [0, 0.1) is 5.92 Å². The Bertz CT molecular complexity index is 227. The molecule has 2 heterocycles. The van der Waals surface area contributed by atoms with Crippen molar-refractivity contribution in [3.05, 3.63) is 0 Å². The Kier molecular flexibility index (Phi) is 3.59. The maximum absolute atomic E-state index is 11.9. The van der Waals surface area contributed by atoms with Crippen molar-refractivity contribution in [1.82, 2.24) is 10.2 Å². The molecule has 2 aliphatic heterocycles. The Labute approximate surface area is 91.0 Å². The van der Waals surface area contributed by atoms with E-state index < -0.39 is 0 Å². The molecule has 0 aromatic carbocycles. The fourth-order valence-corrected chi connectivity index (χ4v) is 2.51. The van der Waals surface area contributed by atoms with Crippen molar-refractivity contribution >= 4 is 5.91 Å². The van der Waals surface area contributed by atoms with Crippen LogP contribution in [0.25, 0.3) is 0 Å². The Morgan fingerprint density at radius 2 is 2.13 bits per heavy atom. The van der Waals surface area contributed by atoms with Gasteiger partial charge in [-0.25, -0.2) is 0 Å². The van der Waals surface area contributed by atoms with Gasteiger partial charge in [0, 0.05) is 45.6 Å². The van der Waals surface area contributed by atoms with Gasteiger partial charge < -0.3 is 15.0 Å². The molecule has 0 aromatic heterocycles. The van der Waals surface area contributed by atoms with Crippen LogP contribution in [-0.4, -0.2) is 50.2 Å². The van der Waals surface area contributed by atoms with Crippen LogP contribution >= 0.6 is 0 Å². The highest BCUT2D eigenvalue weighted by atomic mass is 16.5. The maximum Gasteiger partial charge on any atom is 0.222 e. The zero-order chi connectivity index (χ0) is 10.7. The average molecular weight is 212 g/mol. The van der Waals surface area contributed by atoms with Crippen molar-refractivity contribution in [2.24, 2.45) is 5.92 Å². The maximum atomic E-state index is 11.9. The van der Waals surface area contributed by atoms with E-state index in [0.29, 0.717) is 18.2 Å². The van der Waals surface area contributed by atoms with Gasteiger partial charge in [-0.15, -0.1) is 0 Å². The predicted molar refractivity (Wildman–Crippen MR) is 57.6 cm³/mol. The lowest BCUT2D eigenvalue weighted by atomic mass is 10.0. The van der Waals surface area contributed by atoms with Crippen LogP contribution in [0.15, 0.2) is 0 Å². The van der Waals surface area contributed by atoms with E-state index in [0.717, 1.165) is 26.2 Å². The fraction of sp³-hybridized carbons (Fsp3) is 0.909. The van der Waals surface area contributed by atoms with Gasteiger partial charge >= 0.3 is 0 Å². The van der Waals surface area contributed by atoms with Crippen molar-refractivity contribution in [2.75, 3.05) is 33.3 Å². The summed E-state index contributed by atoms with van der Waals surface area (Å²) in [5.74, 6) is 0.673. The van der Waals surface area contributed by atoms with Crippen molar-refractivity contribution in [1.29, 1.82) is 0 Å². The van der Waals surface area contributed by atoms with Crippen LogP contribution < -0.4 is 5.32 Å². The summed E-state index contributed by atoms with van der Waals surface area (Å²) in [5.41, 5.74) is 0. The number of hydrogen-bond donors (Lipinski definition) is 1. The normalized spacial score (nSPS) is 31.1. The Morgan fingerprint density at radius 1 is 1.40 bits per heavy atom. The quantitative estimate of drug-likeness (QED) is 0.728. The molecule has 2 aliphatic rings. The second kappa shape index (κ2) is 4.94. The monoisotopic (exact) mass is 212 g/mol. The predicted octanol–water partition coefficient (Wildman–Crippen LogP) is 0.233. The molecule has 15 heavy (non-hydrogen) atoms. The van der Waals surface area contributed by atoms with Gasteiger partial charge in [0.15, 0.2) is 0 Å². The zero-order valence-electron chi connectivity index (χ0n) is 9.37. The standard InChI is InChI=1S/C11H20N2O2/c1-15-10-8-12-7-9(10)6-11(14)13-4-2-3-5-13/h9-10,12H,2-8H2,1H3/t9-,10-/m0/s1. The van der Waals surface area contributed by atoms with Gasteiger partial charge in [0.2, 0.25) is 5.91 Å². The molecule has 4 nitrogen and oxygen atoms in total. The van der Waals surface area contributed by atoms with E-state index in [1.54, 1.807) is 7.11 Å². The first-order chi connectivity index (χ1) is 7.31. The summed E-state index contributed by atoms with van der Waals surface area (Å²) in [6.07, 6.45) is 3.20. The van der Waals surface area contributed by atoms with Crippen molar-refractivity contribution in [2.45, 2.75) is 25.4 Å². The zero-order valence-corrected chi connectivity index (χ0v) is 9.37. The van der Waals surface area contributed by atoms with Crippen molar-refractivity contribution in [3.8, 4) is 0 Å². The third-order valence-corrected chi connectivity index (χ3v) is 3.48. The summed E-state index contributed by atoms with van der Waals surface area (Å²) in [5, 5.41) is 3.27. The number of amides is 1. The van der Waals surface area contributed by atoms with Gasteiger partial charge in [-0.05, 0) is 12.8 Å². The molecule has 0 radical (unpaired) electrons. The molecule has 0 bridgehead atoms. The number of hydrogen-bond acceptors (Lipinski definition) is 3. The molecule has 2 rings (SSSR count). The largest absolute Gasteiger partial charge is 0.380 e. The molecular weight excluding hydrogens is 192 g/mol. The summed E-state index contributed by atoms with van der Waals surface area (Å²) < 4.78 is 5.35. The lowest BCUT2D eigenvalue weighted by Crippen LogP contribution is -2.32. The SMILES string of the molecule is CO[C@H]1CNC[C@@H]1CC(=O)N1CCCC1. The van der Waals surface area contributed by atoms with E-state index in [-0.39, 0.29) is 6.10 Å². The lowest BCUT2D eigenvalue weighted by Gasteiger charge is -2.20. The molecule has 2 saturated heterocycles. The van der Waals surface area contributed by atoms with Gasteiger partial charge in [-0.1, -0.05) is 0 Å². The number of carbonyl (C=O) groups is 1. The van der Waals surface area contributed by atoms with Gasteiger partial charge in [-0.2, -0.15) is 0 Å². The second-order valence-corrected chi connectivity index (χ2v) is 4.48. The number of rotatable bonds is 3. The number of carbonyl (C=O) groups excluding carboxylic acids is 1. The van der Waals surface area contributed by atoms with E-state index in [4.69, 9.17) is 4.74 Å². The molecule has 2 fully saturated rings. The van der Waals surface area contributed by atoms with Crippen molar-refractivity contribution < 1.29 is 9.53 Å². The first kappa shape index (κ1) is 10.9. The minimum atomic E-state index is 0.219. The Morgan fingerprint density at radius 3 is 2.80 bits per heavy atom. The molecule has 0 aliphatic carbocycles. The van der Waals surface area contributed by atoms with Crippen LogP contribution in [0.4, 0.5) is 0 Å². The minimum absolute atomic E-state index is 0.219. The van der Waals surface area contributed by atoms with E-state index in [1.807, 2.05) is 4.90 Å². The molecular formula is C11H20N2O2. The molecule has 1 amide bonds. The highest BCUT2D eigenvalue weighted by Crippen LogP contribution is 2.19. The smallest absolute Gasteiger partial charge is 0.222 e. The molecule has 4 heteroatoms. The first-order valence-corrected chi connectivity index (χ1v) is 5.82. The lowest BCUT2D eigenvalue weighted by molar-refractivity contribution is -0.131. The molecule has 0 aromatic rings. The van der Waals surface area contributed by atoms with E-state index in [2.05, 4.69) is 5.32 Å². The number of methoxy groups -OCH3 is 1. The number of nitrogens with one attached hydrogen (secondary N) is 1. The van der Waals surface area contributed by atoms with E-state index in [1.165, 1.54) is 12.8 Å². The highest BCUT2D eigenvalue weighted by Gasteiger charge is 2.30. The third-order valence-electron chi connectivity index (χ3n) is 3.48. The van der Waals surface area contributed by atoms with Crippen LogP contribution in [0.3, 0.4) is 0 Å². The van der Waals surface area contributed by atoms with Crippen LogP contribution in [0.1, 0.15) is 19.3 Å². The minimum Gasteiger partial charge on any atom is -0.380 e. The van der Waals surface area contributed by atoms with Crippen molar-refractivity contribution in [3.63, 3.8) is 0 Å². The Balaban J connectivity index is 1.82. The summed E-state index contributed by atoms with van der Waals surface area (Å²) in [7, 11) is 1.73. The number of nitrogens with zero attached hydrogens (tertiary/aromatic N) is 1. The molecule has 0 unspecified atom stereocenters. The molecule has 0 saturated carbocycles. The van der Waals surface area contributed by atoms with Gasteiger partial charge in [0.25, 0.3) is 0 Å². The summed E-state index contributed by atoms with van der Waals surface area (Å²) in [4.78, 5) is 13.9. The average Bonchev–Trinajstić information content (AvgIpc) is 2.87. The highest BCUT2D eigenvalue weighted by molar-refractivity contribution is 5.76. The molecule has 1 N–H and O–H groups in total. The second-order valence-electron chi connectivity index (χ2n) is 4.48. The third kappa shape index (κ3) is 2.49. The molecule has 86 valence electrons. The summed E-state index contributed by atoms with van der Waals surface area (Å²) in [6, 6.07) is 0. The number of ether oxygens (including phenoxy) is 1. The van der Waals surface area contributed by atoms with Crippen LogP contribution in [0.2, 0.25) is 0 Å². The fourth-order valence-electron chi connectivity index (χ4n) is 2.51. The summed E-state index contributed by atoms with van der Waals surface area (Å²) >= 11 is 0. The van der Waals surface area contributed by atoms with Gasteiger partial charge in [0.1, 0.15) is 0 Å². The van der Waals surface area contributed by atoms with Crippen LogP contribution in [-0.2, 0) is 9.53 Å². The topological polar surface area (TPSA) is 41.6 Å². The number of likely N-dealkylation sites (tertiary alicyclic amines) is 1. The molecule has 2 atom stereocenters. The van der Waals surface area contributed by atoms with E-state index in [9.17, 15) is 4.79 Å². The summed E-state index contributed by atoms with van der Waals surface area (Å²) in [6.45, 7) is 3.71. The van der Waals surface area contributed by atoms with Gasteiger partial charge in [-0.3, -0.25) is 4.79 Å². The Hall–Kier alpha value is -0.610. The van der Waals surface area contributed by atoms with Crippen LogP contribution in [0.5, 0.6) is 0 Å².